The van der Waals surface area contributed by atoms with Gasteiger partial charge in [0.15, 0.2) is 0 Å². The van der Waals surface area contributed by atoms with Crippen LogP contribution in [0.4, 0.5) is 5.69 Å². The van der Waals surface area contributed by atoms with Crippen molar-refractivity contribution in [2.24, 2.45) is 0 Å². The van der Waals surface area contributed by atoms with Gasteiger partial charge < -0.3 is 15.0 Å². The summed E-state index contributed by atoms with van der Waals surface area (Å²) in [6.45, 7) is 6.26. The molecule has 2 amide bonds. The molecule has 0 fully saturated rings. The number of amides is 2. The van der Waals surface area contributed by atoms with Gasteiger partial charge in [-0.15, -0.1) is 0 Å². The molecule has 0 bridgehead atoms. The van der Waals surface area contributed by atoms with Gasteiger partial charge in [0.05, 0.1) is 17.3 Å². The highest BCUT2D eigenvalue weighted by molar-refractivity contribution is 6.35. The number of aryl methyl sites for hydroxylation is 2. The van der Waals surface area contributed by atoms with Crippen molar-refractivity contribution in [2.75, 3.05) is 18.1 Å². The number of halogens is 2. The first-order chi connectivity index (χ1) is 13.3. The Balaban J connectivity index is 1.72. The third-order valence-corrected chi connectivity index (χ3v) is 5.12. The SMILES string of the molecule is CC(=O)N[C@@H]1C(=O)N(CCCOc2ccc(Cl)cc2Cl)c2c(C)cc(C)cc21. The molecule has 1 aliphatic heterocycles. The maximum Gasteiger partial charge on any atom is 0.254 e. The van der Waals surface area contributed by atoms with Crippen LogP contribution < -0.4 is 15.0 Å². The average molecular weight is 421 g/mol. The van der Waals surface area contributed by atoms with Gasteiger partial charge in [0.1, 0.15) is 11.8 Å². The summed E-state index contributed by atoms with van der Waals surface area (Å²) >= 11 is 12.0. The number of nitrogens with zero attached hydrogens (tertiary/aromatic N) is 1. The van der Waals surface area contributed by atoms with Gasteiger partial charge in [-0.05, 0) is 44.0 Å². The van der Waals surface area contributed by atoms with Crippen LogP contribution in [0.2, 0.25) is 10.0 Å². The van der Waals surface area contributed by atoms with E-state index in [0.29, 0.717) is 35.4 Å². The number of ether oxygens (including phenoxy) is 1. The predicted octanol–water partition coefficient (Wildman–Crippen LogP) is 4.60. The summed E-state index contributed by atoms with van der Waals surface area (Å²) in [6.07, 6.45) is 0.615. The number of nitrogens with one attached hydrogen (secondary N) is 1. The molecule has 0 saturated carbocycles. The van der Waals surface area contributed by atoms with Crippen LogP contribution in [-0.4, -0.2) is 25.0 Å². The Labute approximate surface area is 174 Å². The molecule has 28 heavy (non-hydrogen) atoms. The second-order valence-corrected chi connectivity index (χ2v) is 7.76. The summed E-state index contributed by atoms with van der Waals surface area (Å²) < 4.78 is 5.72. The van der Waals surface area contributed by atoms with Crippen LogP contribution in [0.1, 0.15) is 36.1 Å². The van der Waals surface area contributed by atoms with Crippen molar-refractivity contribution in [1.82, 2.24) is 5.32 Å². The summed E-state index contributed by atoms with van der Waals surface area (Å²) in [6, 6.07) is 8.43. The molecule has 1 atom stereocenters. The molecule has 0 saturated heterocycles. The summed E-state index contributed by atoms with van der Waals surface area (Å²) in [4.78, 5) is 26.3. The van der Waals surface area contributed by atoms with Crippen molar-refractivity contribution < 1.29 is 14.3 Å². The smallest absolute Gasteiger partial charge is 0.254 e. The van der Waals surface area contributed by atoms with Crippen LogP contribution in [0.3, 0.4) is 0 Å². The molecule has 0 spiro atoms. The van der Waals surface area contributed by atoms with Gasteiger partial charge in [0.25, 0.3) is 5.91 Å². The van der Waals surface area contributed by atoms with Gasteiger partial charge >= 0.3 is 0 Å². The molecule has 1 heterocycles. The van der Waals surface area contributed by atoms with Crippen molar-refractivity contribution in [1.29, 1.82) is 0 Å². The largest absolute Gasteiger partial charge is 0.492 e. The van der Waals surface area contributed by atoms with E-state index in [1.54, 1.807) is 23.1 Å². The molecular formula is C21H22Cl2N2O3. The highest BCUT2D eigenvalue weighted by Crippen LogP contribution is 2.39. The van der Waals surface area contributed by atoms with Crippen molar-refractivity contribution in [3.8, 4) is 5.75 Å². The Kier molecular flexibility index (Phi) is 6.16. The van der Waals surface area contributed by atoms with Crippen LogP contribution >= 0.6 is 23.2 Å². The minimum atomic E-state index is -0.641. The summed E-state index contributed by atoms with van der Waals surface area (Å²) in [5.41, 5.74) is 3.79. The topological polar surface area (TPSA) is 58.6 Å². The number of anilines is 1. The number of rotatable bonds is 6. The number of benzene rings is 2. The molecule has 0 aliphatic carbocycles. The first kappa shape index (κ1) is 20.5. The summed E-state index contributed by atoms with van der Waals surface area (Å²) in [7, 11) is 0. The van der Waals surface area contributed by atoms with Crippen LogP contribution in [0, 0.1) is 13.8 Å². The van der Waals surface area contributed by atoms with E-state index in [9.17, 15) is 9.59 Å². The molecule has 0 radical (unpaired) electrons. The highest BCUT2D eigenvalue weighted by atomic mass is 35.5. The van der Waals surface area contributed by atoms with Gasteiger partial charge in [0, 0.05) is 24.1 Å². The van der Waals surface area contributed by atoms with E-state index in [0.717, 1.165) is 22.4 Å². The van der Waals surface area contributed by atoms with E-state index in [4.69, 9.17) is 27.9 Å². The zero-order chi connectivity index (χ0) is 20.4. The lowest BCUT2D eigenvalue weighted by molar-refractivity contribution is -0.126. The third kappa shape index (κ3) is 4.26. The number of fused-ring (bicyclic) bond motifs is 1. The lowest BCUT2D eigenvalue weighted by Crippen LogP contribution is -2.37. The van der Waals surface area contributed by atoms with Crippen LogP contribution in [0.25, 0.3) is 0 Å². The normalized spacial score (nSPS) is 15.5. The molecule has 2 aromatic rings. The average Bonchev–Trinajstić information content (AvgIpc) is 2.85. The number of carbonyl (C=O) groups is 2. The molecule has 0 unspecified atom stereocenters. The molecular weight excluding hydrogens is 399 g/mol. The molecule has 2 aromatic carbocycles. The zero-order valence-electron chi connectivity index (χ0n) is 16.0. The Morgan fingerprint density at radius 1 is 1.21 bits per heavy atom. The van der Waals surface area contributed by atoms with Crippen molar-refractivity contribution >= 4 is 40.7 Å². The second kappa shape index (κ2) is 8.41. The second-order valence-electron chi connectivity index (χ2n) is 6.92. The molecule has 1 aliphatic rings. The lowest BCUT2D eigenvalue weighted by Gasteiger charge is -2.20. The molecule has 3 rings (SSSR count). The van der Waals surface area contributed by atoms with E-state index in [1.807, 2.05) is 26.0 Å². The van der Waals surface area contributed by atoms with E-state index in [1.165, 1.54) is 6.92 Å². The Bertz CT molecular complexity index is 930. The van der Waals surface area contributed by atoms with E-state index < -0.39 is 6.04 Å². The van der Waals surface area contributed by atoms with Gasteiger partial charge in [-0.25, -0.2) is 0 Å². The first-order valence-corrected chi connectivity index (χ1v) is 9.81. The minimum Gasteiger partial charge on any atom is -0.492 e. The standard InChI is InChI=1S/C21H22Cl2N2O3/c1-12-9-13(2)20-16(10-12)19(24-14(3)26)21(27)25(20)7-4-8-28-18-6-5-15(22)11-17(18)23/h5-6,9-11,19H,4,7-8H2,1-3H3,(H,24,26)/t19-/m0/s1. The van der Waals surface area contributed by atoms with Crippen molar-refractivity contribution in [3.63, 3.8) is 0 Å². The first-order valence-electron chi connectivity index (χ1n) is 9.05. The van der Waals surface area contributed by atoms with Crippen molar-refractivity contribution in [3.05, 3.63) is 57.1 Å². The summed E-state index contributed by atoms with van der Waals surface area (Å²) in [5, 5.41) is 3.77. The maximum absolute atomic E-state index is 13.0. The number of hydrogen-bond acceptors (Lipinski definition) is 3. The quantitative estimate of drug-likeness (QED) is 0.694. The van der Waals surface area contributed by atoms with Crippen LogP contribution in [-0.2, 0) is 9.59 Å². The fraction of sp³-hybridized carbons (Fsp3) is 0.333. The molecule has 148 valence electrons. The Morgan fingerprint density at radius 3 is 2.64 bits per heavy atom. The molecule has 1 N–H and O–H groups in total. The van der Waals surface area contributed by atoms with Crippen LogP contribution in [0.15, 0.2) is 30.3 Å². The van der Waals surface area contributed by atoms with Gasteiger partial charge in [-0.3, -0.25) is 9.59 Å². The number of carbonyl (C=O) groups excluding carboxylic acids is 2. The zero-order valence-corrected chi connectivity index (χ0v) is 17.5. The van der Waals surface area contributed by atoms with E-state index >= 15 is 0 Å². The van der Waals surface area contributed by atoms with Gasteiger partial charge in [-0.2, -0.15) is 0 Å². The fourth-order valence-electron chi connectivity index (χ4n) is 3.54. The fourth-order valence-corrected chi connectivity index (χ4v) is 4.01. The Morgan fingerprint density at radius 2 is 1.96 bits per heavy atom. The van der Waals surface area contributed by atoms with E-state index in [-0.39, 0.29) is 11.8 Å². The van der Waals surface area contributed by atoms with Crippen molar-refractivity contribution in [2.45, 2.75) is 33.2 Å². The lowest BCUT2D eigenvalue weighted by atomic mass is 10.0. The molecule has 0 aromatic heterocycles. The highest BCUT2D eigenvalue weighted by Gasteiger charge is 2.38. The van der Waals surface area contributed by atoms with Gasteiger partial charge in [0.2, 0.25) is 5.91 Å². The molecule has 5 nitrogen and oxygen atoms in total. The minimum absolute atomic E-state index is 0.122. The monoisotopic (exact) mass is 420 g/mol. The predicted molar refractivity (Wildman–Crippen MR) is 111 cm³/mol. The number of hydrogen-bond donors (Lipinski definition) is 1. The maximum atomic E-state index is 13.0. The molecule has 7 heteroatoms. The van der Waals surface area contributed by atoms with E-state index in [2.05, 4.69) is 5.32 Å². The Hall–Kier alpha value is -2.24. The van der Waals surface area contributed by atoms with Gasteiger partial charge in [-0.1, -0.05) is 40.9 Å². The third-order valence-electron chi connectivity index (χ3n) is 4.59. The summed E-state index contributed by atoms with van der Waals surface area (Å²) in [5.74, 6) is 0.205. The van der Waals surface area contributed by atoms with Crippen LogP contribution in [0.5, 0.6) is 5.75 Å².